The number of hydrogen-bond acceptors (Lipinski definition) is 0. The molecule has 0 N–H and O–H groups in total. The minimum atomic E-state index is 1.15. The van der Waals surface area contributed by atoms with Crippen molar-refractivity contribution >= 4 is 0 Å². The molecule has 0 aromatic heterocycles. The minimum Gasteiger partial charge on any atom is -0.0917 e. The lowest BCUT2D eigenvalue weighted by Crippen LogP contribution is -1.86. The average molecular weight is 160 g/mol. The van der Waals surface area contributed by atoms with Gasteiger partial charge in [-0.25, -0.2) is 0 Å². The van der Waals surface area contributed by atoms with Gasteiger partial charge in [-0.15, -0.1) is 0 Å². The summed E-state index contributed by atoms with van der Waals surface area (Å²) in [6.07, 6.45) is 6.64. The number of rotatable bonds is 3. The zero-order valence-corrected chi connectivity index (χ0v) is 7.88. The number of hydrogen-bond donors (Lipinski definition) is 0. The minimum absolute atomic E-state index is 1.15. The molecular formula is C12H16. The Balaban J connectivity index is 2.57. The monoisotopic (exact) mass is 160 g/mol. The highest BCUT2D eigenvalue weighted by atomic mass is 14.0. The summed E-state index contributed by atoms with van der Waals surface area (Å²) in [7, 11) is 0. The highest BCUT2D eigenvalue weighted by Crippen LogP contribution is 2.09. The van der Waals surface area contributed by atoms with Crippen LogP contribution in [0.15, 0.2) is 36.4 Å². The first-order chi connectivity index (χ1) is 5.84. The predicted molar refractivity (Wildman–Crippen MR) is 54.3 cm³/mol. The summed E-state index contributed by atoms with van der Waals surface area (Å²) >= 11 is 0. The highest BCUT2D eigenvalue weighted by molar-refractivity contribution is 5.25. The SMILES string of the molecule is CC=CCCc1ccccc1C. The molecule has 0 nitrogen and oxygen atoms in total. The Hall–Kier alpha value is -1.04. The first-order valence-corrected chi connectivity index (χ1v) is 4.50. The molecule has 0 unspecified atom stereocenters. The van der Waals surface area contributed by atoms with E-state index in [4.69, 9.17) is 0 Å². The van der Waals surface area contributed by atoms with Gasteiger partial charge in [0, 0.05) is 0 Å². The lowest BCUT2D eigenvalue weighted by atomic mass is 10.0. The number of aryl methyl sites for hydroxylation is 2. The van der Waals surface area contributed by atoms with Crippen molar-refractivity contribution in [2.75, 3.05) is 0 Å². The molecular weight excluding hydrogens is 144 g/mol. The largest absolute Gasteiger partial charge is 0.0917 e. The molecule has 1 aromatic carbocycles. The van der Waals surface area contributed by atoms with Gasteiger partial charge in [0.1, 0.15) is 0 Å². The van der Waals surface area contributed by atoms with E-state index >= 15 is 0 Å². The van der Waals surface area contributed by atoms with Crippen molar-refractivity contribution in [2.24, 2.45) is 0 Å². The Morgan fingerprint density at radius 3 is 2.67 bits per heavy atom. The summed E-state index contributed by atoms with van der Waals surface area (Å²) in [6.45, 7) is 4.24. The fraction of sp³-hybridized carbons (Fsp3) is 0.333. The zero-order valence-electron chi connectivity index (χ0n) is 7.88. The van der Waals surface area contributed by atoms with Crippen LogP contribution in [-0.2, 0) is 6.42 Å². The van der Waals surface area contributed by atoms with Crippen molar-refractivity contribution < 1.29 is 0 Å². The second-order valence-corrected chi connectivity index (χ2v) is 3.03. The Morgan fingerprint density at radius 1 is 1.25 bits per heavy atom. The van der Waals surface area contributed by atoms with E-state index < -0.39 is 0 Å². The molecule has 0 saturated carbocycles. The molecule has 0 aliphatic carbocycles. The molecule has 0 saturated heterocycles. The van der Waals surface area contributed by atoms with Gasteiger partial charge in [-0.05, 0) is 37.8 Å². The topological polar surface area (TPSA) is 0 Å². The maximum Gasteiger partial charge on any atom is -0.0242 e. The molecule has 0 aliphatic heterocycles. The van der Waals surface area contributed by atoms with Crippen LogP contribution in [0.3, 0.4) is 0 Å². The van der Waals surface area contributed by atoms with Crippen molar-refractivity contribution in [2.45, 2.75) is 26.7 Å². The fourth-order valence-corrected chi connectivity index (χ4v) is 1.30. The molecule has 0 aliphatic rings. The molecule has 0 atom stereocenters. The van der Waals surface area contributed by atoms with Crippen LogP contribution in [0.1, 0.15) is 24.5 Å². The Labute approximate surface area is 74.9 Å². The lowest BCUT2D eigenvalue weighted by molar-refractivity contribution is 0.985. The van der Waals surface area contributed by atoms with Crippen LogP contribution >= 0.6 is 0 Å². The quantitative estimate of drug-likeness (QED) is 0.594. The van der Waals surface area contributed by atoms with Gasteiger partial charge < -0.3 is 0 Å². The third-order valence-corrected chi connectivity index (χ3v) is 2.08. The van der Waals surface area contributed by atoms with Gasteiger partial charge in [0.05, 0.1) is 0 Å². The lowest BCUT2D eigenvalue weighted by Gasteiger charge is -2.01. The van der Waals surface area contributed by atoms with Crippen LogP contribution in [0.25, 0.3) is 0 Å². The predicted octanol–water partition coefficient (Wildman–Crippen LogP) is 3.50. The first-order valence-electron chi connectivity index (χ1n) is 4.50. The summed E-state index contributed by atoms with van der Waals surface area (Å²) in [4.78, 5) is 0. The van der Waals surface area contributed by atoms with E-state index in [1.807, 2.05) is 0 Å². The van der Waals surface area contributed by atoms with Crippen molar-refractivity contribution in [1.29, 1.82) is 0 Å². The number of benzene rings is 1. The molecule has 64 valence electrons. The summed E-state index contributed by atoms with van der Waals surface area (Å²) in [5.41, 5.74) is 2.87. The molecule has 0 heteroatoms. The average Bonchev–Trinajstić information content (AvgIpc) is 2.09. The Morgan fingerprint density at radius 2 is 2.00 bits per heavy atom. The molecule has 0 spiro atoms. The Bertz CT molecular complexity index is 258. The normalized spacial score (nSPS) is 10.8. The molecule has 0 heterocycles. The van der Waals surface area contributed by atoms with E-state index in [1.165, 1.54) is 11.1 Å². The van der Waals surface area contributed by atoms with Gasteiger partial charge >= 0.3 is 0 Å². The summed E-state index contributed by atoms with van der Waals surface area (Å²) in [6, 6.07) is 8.58. The maximum atomic E-state index is 2.21. The van der Waals surface area contributed by atoms with E-state index in [1.54, 1.807) is 0 Å². The highest BCUT2D eigenvalue weighted by Gasteiger charge is 1.93. The molecule has 1 aromatic rings. The van der Waals surface area contributed by atoms with Crippen LogP contribution < -0.4 is 0 Å². The Kier molecular flexibility index (Phi) is 3.59. The van der Waals surface area contributed by atoms with Gasteiger partial charge in [0.25, 0.3) is 0 Å². The second kappa shape index (κ2) is 4.76. The fourth-order valence-electron chi connectivity index (χ4n) is 1.30. The summed E-state index contributed by atoms with van der Waals surface area (Å²) in [5, 5.41) is 0. The van der Waals surface area contributed by atoms with E-state index in [-0.39, 0.29) is 0 Å². The smallest absolute Gasteiger partial charge is 0.0242 e. The summed E-state index contributed by atoms with van der Waals surface area (Å²) < 4.78 is 0. The standard InChI is InChI=1S/C12H16/c1-3-4-5-9-12-10-7-6-8-11(12)2/h3-4,6-8,10H,5,9H2,1-2H3. The van der Waals surface area contributed by atoms with Gasteiger partial charge in [-0.1, -0.05) is 36.4 Å². The second-order valence-electron chi connectivity index (χ2n) is 3.03. The van der Waals surface area contributed by atoms with Crippen molar-refractivity contribution in [1.82, 2.24) is 0 Å². The van der Waals surface area contributed by atoms with E-state index in [9.17, 15) is 0 Å². The molecule has 0 amide bonds. The van der Waals surface area contributed by atoms with Crippen LogP contribution in [0.5, 0.6) is 0 Å². The van der Waals surface area contributed by atoms with Crippen molar-refractivity contribution in [3.63, 3.8) is 0 Å². The molecule has 1 rings (SSSR count). The third kappa shape index (κ3) is 2.54. The molecule has 0 radical (unpaired) electrons. The third-order valence-electron chi connectivity index (χ3n) is 2.08. The van der Waals surface area contributed by atoms with Crippen molar-refractivity contribution in [3.8, 4) is 0 Å². The number of allylic oxidation sites excluding steroid dienone is 2. The van der Waals surface area contributed by atoms with Crippen molar-refractivity contribution in [3.05, 3.63) is 47.5 Å². The van der Waals surface area contributed by atoms with Gasteiger partial charge in [0.15, 0.2) is 0 Å². The zero-order chi connectivity index (χ0) is 8.81. The molecule has 12 heavy (non-hydrogen) atoms. The van der Waals surface area contributed by atoms with Gasteiger partial charge in [0.2, 0.25) is 0 Å². The van der Waals surface area contributed by atoms with Gasteiger partial charge in [-0.2, -0.15) is 0 Å². The van der Waals surface area contributed by atoms with E-state index in [0.717, 1.165) is 12.8 Å². The van der Waals surface area contributed by atoms with Crippen LogP contribution in [0.4, 0.5) is 0 Å². The van der Waals surface area contributed by atoms with Gasteiger partial charge in [-0.3, -0.25) is 0 Å². The first kappa shape index (κ1) is 9.05. The van der Waals surface area contributed by atoms with Crippen LogP contribution in [0, 0.1) is 6.92 Å². The van der Waals surface area contributed by atoms with Crippen LogP contribution in [-0.4, -0.2) is 0 Å². The maximum absolute atomic E-state index is 2.21. The van der Waals surface area contributed by atoms with E-state index in [0.29, 0.717) is 0 Å². The molecule has 0 bridgehead atoms. The van der Waals surface area contributed by atoms with E-state index in [2.05, 4.69) is 50.3 Å². The molecule has 0 fully saturated rings. The van der Waals surface area contributed by atoms with Crippen LogP contribution in [0.2, 0.25) is 0 Å². The summed E-state index contributed by atoms with van der Waals surface area (Å²) in [5.74, 6) is 0.